The third kappa shape index (κ3) is 5.79. The van der Waals surface area contributed by atoms with Crippen molar-refractivity contribution in [2.24, 2.45) is 0 Å². The lowest BCUT2D eigenvalue weighted by Gasteiger charge is -2.18. The van der Waals surface area contributed by atoms with Crippen LogP contribution in [-0.4, -0.2) is 62.4 Å². The molecule has 33 heavy (non-hydrogen) atoms. The number of amides is 1. The number of aromatic nitrogens is 1. The molecule has 2 aromatic rings. The van der Waals surface area contributed by atoms with Crippen LogP contribution in [0, 0.1) is 6.92 Å². The molecule has 1 amide bonds. The van der Waals surface area contributed by atoms with Crippen molar-refractivity contribution in [1.82, 2.24) is 9.29 Å². The number of aryl methyl sites for hydroxylation is 1. The first-order valence-electron chi connectivity index (χ1n) is 10.5. The maximum atomic E-state index is 12.5. The van der Waals surface area contributed by atoms with Gasteiger partial charge in [0.2, 0.25) is 10.0 Å². The van der Waals surface area contributed by atoms with E-state index in [0.717, 1.165) is 0 Å². The van der Waals surface area contributed by atoms with Crippen molar-refractivity contribution in [3.05, 3.63) is 46.8 Å². The topological polar surface area (TPSA) is 135 Å². The summed E-state index contributed by atoms with van der Waals surface area (Å²) in [6, 6.07) is 5.72. The molecule has 10 nitrogen and oxygen atoms in total. The van der Waals surface area contributed by atoms with Gasteiger partial charge in [-0.15, -0.1) is 0 Å². The van der Waals surface area contributed by atoms with Crippen LogP contribution < -0.4 is 5.32 Å². The first-order chi connectivity index (χ1) is 15.6. The van der Waals surface area contributed by atoms with Crippen LogP contribution in [0.4, 0.5) is 5.69 Å². The monoisotopic (exact) mass is 479 g/mol. The number of rotatable bonds is 10. The Morgan fingerprint density at radius 1 is 1.03 bits per heavy atom. The molecule has 0 bridgehead atoms. The first-order valence-corrected chi connectivity index (χ1v) is 11.9. The molecule has 0 atom stereocenters. The average Bonchev–Trinajstić information content (AvgIpc) is 3.14. The Bertz CT molecular complexity index is 1120. The fraction of sp³-hybridized carbons (Fsp3) is 0.409. The van der Waals surface area contributed by atoms with Gasteiger partial charge in [0.25, 0.3) is 5.91 Å². The number of anilines is 1. The van der Waals surface area contributed by atoms with Crippen LogP contribution in [0.15, 0.2) is 29.2 Å². The van der Waals surface area contributed by atoms with E-state index in [9.17, 15) is 22.8 Å². The minimum Gasteiger partial charge on any atom is -0.465 e. The molecule has 2 N–H and O–H groups in total. The minimum absolute atomic E-state index is 0.0750. The van der Waals surface area contributed by atoms with Gasteiger partial charge in [-0.1, -0.05) is 20.8 Å². The molecule has 1 aromatic carbocycles. The zero-order valence-corrected chi connectivity index (χ0v) is 20.2. The smallest absolute Gasteiger partial charge is 0.355 e. The van der Waals surface area contributed by atoms with E-state index in [1.165, 1.54) is 35.7 Å². The maximum Gasteiger partial charge on any atom is 0.355 e. The molecule has 1 aromatic heterocycles. The van der Waals surface area contributed by atoms with Gasteiger partial charge in [0.1, 0.15) is 5.69 Å². The molecule has 11 heteroatoms. The molecular weight excluding hydrogens is 450 g/mol. The number of carbonyl (C=O) groups excluding carboxylic acids is 3. The number of sulfonamides is 1. The third-order valence-electron chi connectivity index (χ3n) is 5.09. The second-order valence-corrected chi connectivity index (χ2v) is 9.00. The van der Waals surface area contributed by atoms with Crippen molar-refractivity contribution >= 4 is 33.6 Å². The van der Waals surface area contributed by atoms with Crippen LogP contribution in [0.2, 0.25) is 0 Å². The molecule has 1 heterocycles. The number of H-pyrrole nitrogens is 1. The summed E-state index contributed by atoms with van der Waals surface area (Å²) >= 11 is 0. The number of ether oxygens (including phenoxy) is 2. The summed E-state index contributed by atoms with van der Waals surface area (Å²) in [5, 5.41) is 2.55. The van der Waals surface area contributed by atoms with Gasteiger partial charge in [-0.25, -0.2) is 18.0 Å². The highest BCUT2D eigenvalue weighted by atomic mass is 32.2. The van der Waals surface area contributed by atoms with Crippen LogP contribution in [0.25, 0.3) is 0 Å². The predicted molar refractivity (Wildman–Crippen MR) is 122 cm³/mol. The molecule has 0 unspecified atom stereocenters. The van der Waals surface area contributed by atoms with Crippen molar-refractivity contribution in [1.29, 1.82) is 0 Å². The standard InChI is InChI=1S/C22H29N3O7S/c1-6-17-19(21(27)31-5)14(4)20(24-17)22(28)32-13-18(26)23-15-9-11-16(12-10-15)33(29,30)25(7-2)8-3/h9-12,24H,6-8,13H2,1-5H3,(H,23,26). The second kappa shape index (κ2) is 11.1. The SMILES string of the molecule is CCc1[nH]c(C(=O)OCC(=O)Nc2ccc(S(=O)(=O)N(CC)CC)cc2)c(C)c1C(=O)OC. The summed E-state index contributed by atoms with van der Waals surface area (Å²) in [5.74, 6) is -1.95. The molecule has 180 valence electrons. The lowest BCUT2D eigenvalue weighted by Crippen LogP contribution is -2.30. The molecule has 0 aliphatic rings. The number of nitrogens with one attached hydrogen (secondary N) is 2. The Balaban J connectivity index is 2.03. The van der Waals surface area contributed by atoms with Crippen LogP contribution >= 0.6 is 0 Å². The molecule has 0 spiro atoms. The van der Waals surface area contributed by atoms with Crippen molar-refractivity contribution in [2.45, 2.75) is 39.0 Å². The van der Waals surface area contributed by atoms with Gasteiger partial charge in [0.15, 0.2) is 6.61 Å². The Morgan fingerprint density at radius 2 is 1.64 bits per heavy atom. The first kappa shape index (κ1) is 26.1. The van der Waals surface area contributed by atoms with Gasteiger partial charge >= 0.3 is 11.9 Å². The van der Waals surface area contributed by atoms with E-state index in [4.69, 9.17) is 9.47 Å². The van der Waals surface area contributed by atoms with Gasteiger partial charge in [-0.3, -0.25) is 4.79 Å². The van der Waals surface area contributed by atoms with Crippen LogP contribution in [0.5, 0.6) is 0 Å². The van der Waals surface area contributed by atoms with E-state index in [0.29, 0.717) is 36.5 Å². The fourth-order valence-electron chi connectivity index (χ4n) is 3.33. The Kier molecular flexibility index (Phi) is 8.77. The zero-order chi connectivity index (χ0) is 24.8. The third-order valence-corrected chi connectivity index (χ3v) is 7.15. The number of hydrogen-bond acceptors (Lipinski definition) is 7. The van der Waals surface area contributed by atoms with E-state index < -0.39 is 34.5 Å². The molecule has 0 saturated carbocycles. The van der Waals surface area contributed by atoms with Gasteiger partial charge in [0.05, 0.1) is 17.6 Å². The molecule has 0 aliphatic heterocycles. The summed E-state index contributed by atoms with van der Waals surface area (Å²) in [6.45, 7) is 7.06. The van der Waals surface area contributed by atoms with Gasteiger partial charge in [-0.2, -0.15) is 4.31 Å². The van der Waals surface area contributed by atoms with Crippen molar-refractivity contribution in [2.75, 3.05) is 32.1 Å². The van der Waals surface area contributed by atoms with Gasteiger partial charge in [0, 0.05) is 24.5 Å². The Morgan fingerprint density at radius 3 is 2.15 bits per heavy atom. The Hall–Kier alpha value is -3.18. The molecule has 0 fully saturated rings. The number of carbonyl (C=O) groups is 3. The average molecular weight is 480 g/mol. The fourth-order valence-corrected chi connectivity index (χ4v) is 4.79. The van der Waals surface area contributed by atoms with E-state index in [2.05, 4.69) is 10.3 Å². The van der Waals surface area contributed by atoms with E-state index in [-0.39, 0.29) is 16.2 Å². The molecule has 2 rings (SSSR count). The lowest BCUT2D eigenvalue weighted by molar-refractivity contribution is -0.119. The highest BCUT2D eigenvalue weighted by molar-refractivity contribution is 7.89. The quantitative estimate of drug-likeness (QED) is 0.500. The van der Waals surface area contributed by atoms with E-state index in [1.807, 2.05) is 6.92 Å². The largest absolute Gasteiger partial charge is 0.465 e. The normalized spacial score (nSPS) is 11.3. The second-order valence-electron chi connectivity index (χ2n) is 7.06. The number of nitrogens with zero attached hydrogens (tertiary/aromatic N) is 1. The molecule has 0 aliphatic carbocycles. The molecular formula is C22H29N3O7S. The van der Waals surface area contributed by atoms with Crippen LogP contribution in [0.3, 0.4) is 0 Å². The van der Waals surface area contributed by atoms with Crippen LogP contribution in [0.1, 0.15) is 52.9 Å². The number of esters is 2. The summed E-state index contributed by atoms with van der Waals surface area (Å²) < 4.78 is 36.2. The highest BCUT2D eigenvalue weighted by Crippen LogP contribution is 2.21. The molecule has 0 radical (unpaired) electrons. The lowest BCUT2D eigenvalue weighted by atomic mass is 10.1. The zero-order valence-electron chi connectivity index (χ0n) is 19.4. The summed E-state index contributed by atoms with van der Waals surface area (Å²) in [6.07, 6.45) is 0.471. The van der Waals surface area contributed by atoms with Crippen molar-refractivity contribution in [3.8, 4) is 0 Å². The van der Waals surface area contributed by atoms with Crippen molar-refractivity contribution in [3.63, 3.8) is 0 Å². The molecule has 0 saturated heterocycles. The van der Waals surface area contributed by atoms with Gasteiger partial charge < -0.3 is 19.8 Å². The van der Waals surface area contributed by atoms with E-state index in [1.54, 1.807) is 20.8 Å². The minimum atomic E-state index is -3.60. The number of benzene rings is 1. The summed E-state index contributed by atoms with van der Waals surface area (Å²) in [5.41, 5.74) is 1.62. The number of methoxy groups -OCH3 is 1. The summed E-state index contributed by atoms with van der Waals surface area (Å²) in [4.78, 5) is 39.6. The number of hydrogen-bond donors (Lipinski definition) is 2. The van der Waals surface area contributed by atoms with E-state index >= 15 is 0 Å². The van der Waals surface area contributed by atoms with Crippen molar-refractivity contribution < 1.29 is 32.3 Å². The number of aromatic amines is 1. The van der Waals surface area contributed by atoms with Gasteiger partial charge in [-0.05, 0) is 43.2 Å². The van der Waals surface area contributed by atoms with Crippen LogP contribution in [-0.2, 0) is 30.7 Å². The predicted octanol–water partition coefficient (Wildman–Crippen LogP) is 2.50. The summed E-state index contributed by atoms with van der Waals surface area (Å²) in [7, 11) is -2.35. The highest BCUT2D eigenvalue weighted by Gasteiger charge is 2.25. The Labute approximate surface area is 193 Å². The maximum absolute atomic E-state index is 12.5.